The van der Waals surface area contributed by atoms with Crippen molar-refractivity contribution in [1.29, 1.82) is 0 Å². The van der Waals surface area contributed by atoms with Gasteiger partial charge in [-0.1, -0.05) is 0 Å². The summed E-state index contributed by atoms with van der Waals surface area (Å²) < 4.78 is 5.67. The maximum atomic E-state index is 11.4. The van der Waals surface area contributed by atoms with E-state index in [9.17, 15) is 14.7 Å². The van der Waals surface area contributed by atoms with Gasteiger partial charge in [0.25, 0.3) is 0 Å². The minimum absolute atomic E-state index is 0.00625. The molecule has 0 saturated carbocycles. The first kappa shape index (κ1) is 13.1. The number of carboxylic acid groups (broad SMARTS) is 1. The molecule has 0 amide bonds. The van der Waals surface area contributed by atoms with Crippen molar-refractivity contribution in [1.82, 2.24) is 9.78 Å². The monoisotopic (exact) mass is 243 g/mol. The Morgan fingerprint density at radius 3 is 2.65 bits per heavy atom. The van der Waals surface area contributed by atoms with Gasteiger partial charge in [0.1, 0.15) is 17.7 Å². The van der Waals surface area contributed by atoms with Crippen LogP contribution in [0.2, 0.25) is 0 Å². The Morgan fingerprint density at radius 2 is 2.18 bits per heavy atom. The Balaban J connectivity index is 3.16. The fourth-order valence-corrected chi connectivity index (χ4v) is 1.37. The van der Waals surface area contributed by atoms with Crippen LogP contribution < -0.4 is 5.73 Å². The highest BCUT2D eigenvalue weighted by Gasteiger charge is 2.30. The van der Waals surface area contributed by atoms with Crippen LogP contribution in [0.3, 0.4) is 0 Å². The quantitative estimate of drug-likeness (QED) is 0.558. The number of ether oxygens (including phenoxy) is 1. The lowest BCUT2D eigenvalue weighted by atomic mass is 10.1. The summed E-state index contributed by atoms with van der Waals surface area (Å²) in [6.07, 6.45) is -0.368. The molecule has 8 nitrogen and oxygen atoms in total. The topological polar surface area (TPSA) is 128 Å². The van der Waals surface area contributed by atoms with Crippen molar-refractivity contribution < 1.29 is 24.5 Å². The molecule has 17 heavy (non-hydrogen) atoms. The van der Waals surface area contributed by atoms with E-state index in [4.69, 9.17) is 10.8 Å². The molecular formula is C9H13N3O5. The molecule has 4 N–H and O–H groups in total. The first-order chi connectivity index (χ1) is 7.90. The van der Waals surface area contributed by atoms with Gasteiger partial charge in [-0.15, -0.1) is 0 Å². The Morgan fingerprint density at radius 1 is 1.59 bits per heavy atom. The lowest BCUT2D eigenvalue weighted by Crippen LogP contribution is -2.38. The van der Waals surface area contributed by atoms with E-state index < -0.39 is 24.1 Å². The molecule has 0 aliphatic rings. The second-order valence-electron chi connectivity index (χ2n) is 3.37. The SMILES string of the molecule is COC(=O)c1cnn(C)c1C(O)C(N)C(=O)O. The van der Waals surface area contributed by atoms with E-state index in [1.165, 1.54) is 25.0 Å². The van der Waals surface area contributed by atoms with Crippen molar-refractivity contribution in [2.75, 3.05) is 7.11 Å². The number of esters is 1. The van der Waals surface area contributed by atoms with Crippen LogP contribution in [-0.2, 0) is 16.6 Å². The summed E-state index contributed by atoms with van der Waals surface area (Å²) in [5, 5.41) is 22.2. The number of aryl methyl sites for hydroxylation is 1. The lowest BCUT2D eigenvalue weighted by molar-refractivity contribution is -0.141. The van der Waals surface area contributed by atoms with Gasteiger partial charge < -0.3 is 20.7 Å². The Bertz CT molecular complexity index is 442. The van der Waals surface area contributed by atoms with Crippen LogP contribution in [0, 0.1) is 0 Å². The van der Waals surface area contributed by atoms with E-state index in [1.54, 1.807) is 0 Å². The number of methoxy groups -OCH3 is 1. The van der Waals surface area contributed by atoms with Crippen LogP contribution in [0.4, 0.5) is 0 Å². The van der Waals surface area contributed by atoms with Crippen molar-refractivity contribution in [2.24, 2.45) is 12.8 Å². The summed E-state index contributed by atoms with van der Waals surface area (Å²) in [5.41, 5.74) is 5.28. The molecule has 94 valence electrons. The van der Waals surface area contributed by atoms with E-state index in [1.807, 2.05) is 0 Å². The van der Waals surface area contributed by atoms with E-state index in [0.29, 0.717) is 0 Å². The molecule has 1 aromatic heterocycles. The molecule has 0 spiro atoms. The molecule has 0 fully saturated rings. The molecule has 1 heterocycles. The van der Waals surface area contributed by atoms with Crippen molar-refractivity contribution in [3.8, 4) is 0 Å². The van der Waals surface area contributed by atoms with Crippen molar-refractivity contribution in [3.05, 3.63) is 17.5 Å². The summed E-state index contributed by atoms with van der Waals surface area (Å²) in [7, 11) is 2.63. The van der Waals surface area contributed by atoms with Gasteiger partial charge in [-0.3, -0.25) is 9.48 Å². The van der Waals surface area contributed by atoms with Crippen LogP contribution in [0.25, 0.3) is 0 Å². The minimum atomic E-state index is -1.55. The second kappa shape index (κ2) is 4.93. The molecule has 2 unspecified atom stereocenters. The lowest BCUT2D eigenvalue weighted by Gasteiger charge is -2.16. The van der Waals surface area contributed by atoms with Gasteiger partial charge in [0.05, 0.1) is 19.0 Å². The number of carbonyl (C=O) groups excluding carboxylic acids is 1. The highest BCUT2D eigenvalue weighted by atomic mass is 16.5. The molecule has 0 aliphatic heterocycles. The van der Waals surface area contributed by atoms with Gasteiger partial charge in [-0.2, -0.15) is 5.10 Å². The fourth-order valence-electron chi connectivity index (χ4n) is 1.37. The molecular weight excluding hydrogens is 230 g/mol. The maximum Gasteiger partial charge on any atom is 0.341 e. The standard InChI is InChI=1S/C9H13N3O5/c1-12-6(7(13)5(10)8(14)15)4(3-11-12)9(16)17-2/h3,5,7,13H,10H2,1-2H3,(H,14,15). The smallest absolute Gasteiger partial charge is 0.341 e. The summed E-state index contributed by atoms with van der Waals surface area (Å²) in [4.78, 5) is 22.0. The van der Waals surface area contributed by atoms with E-state index in [0.717, 1.165) is 0 Å². The number of nitrogens with zero attached hydrogens (tertiary/aromatic N) is 2. The maximum absolute atomic E-state index is 11.4. The number of aromatic nitrogens is 2. The molecule has 2 atom stereocenters. The number of hydrogen-bond donors (Lipinski definition) is 3. The van der Waals surface area contributed by atoms with Gasteiger partial charge >= 0.3 is 11.9 Å². The summed E-state index contributed by atoms with van der Waals surface area (Å²) in [6.45, 7) is 0. The van der Waals surface area contributed by atoms with E-state index in [2.05, 4.69) is 9.84 Å². The summed E-state index contributed by atoms with van der Waals surface area (Å²) in [5.74, 6) is -2.10. The van der Waals surface area contributed by atoms with Gasteiger partial charge in [0.15, 0.2) is 0 Å². The molecule has 8 heteroatoms. The molecule has 0 saturated heterocycles. The Kier molecular flexibility index (Phi) is 3.81. The highest BCUT2D eigenvalue weighted by molar-refractivity contribution is 5.90. The fraction of sp³-hybridized carbons (Fsp3) is 0.444. The third kappa shape index (κ3) is 2.43. The Hall–Kier alpha value is -1.93. The zero-order chi connectivity index (χ0) is 13.2. The predicted octanol–water partition coefficient (Wildman–Crippen LogP) is -1.35. The average Bonchev–Trinajstić information content (AvgIpc) is 2.68. The third-order valence-electron chi connectivity index (χ3n) is 2.30. The van der Waals surface area contributed by atoms with Crippen LogP contribution in [0.1, 0.15) is 22.2 Å². The van der Waals surface area contributed by atoms with Gasteiger partial charge in [0, 0.05) is 7.05 Å². The number of aliphatic carboxylic acids is 1. The van der Waals surface area contributed by atoms with E-state index in [-0.39, 0.29) is 11.3 Å². The first-order valence-electron chi connectivity index (χ1n) is 4.66. The zero-order valence-electron chi connectivity index (χ0n) is 9.32. The van der Waals surface area contributed by atoms with Crippen LogP contribution in [0.15, 0.2) is 6.20 Å². The largest absolute Gasteiger partial charge is 0.480 e. The predicted molar refractivity (Wildman–Crippen MR) is 55.1 cm³/mol. The van der Waals surface area contributed by atoms with Crippen molar-refractivity contribution in [3.63, 3.8) is 0 Å². The number of nitrogens with two attached hydrogens (primary N) is 1. The van der Waals surface area contributed by atoms with Crippen LogP contribution in [-0.4, -0.2) is 45.1 Å². The Labute approximate surface area is 96.6 Å². The van der Waals surface area contributed by atoms with E-state index >= 15 is 0 Å². The molecule has 0 aromatic carbocycles. The zero-order valence-corrected chi connectivity index (χ0v) is 9.32. The first-order valence-corrected chi connectivity index (χ1v) is 4.66. The molecule has 0 radical (unpaired) electrons. The summed E-state index contributed by atoms with van der Waals surface area (Å²) >= 11 is 0. The molecule has 0 bridgehead atoms. The van der Waals surface area contributed by atoms with Crippen molar-refractivity contribution >= 4 is 11.9 Å². The highest BCUT2D eigenvalue weighted by Crippen LogP contribution is 2.20. The summed E-state index contributed by atoms with van der Waals surface area (Å²) in [6, 6.07) is -1.55. The number of hydrogen-bond acceptors (Lipinski definition) is 6. The van der Waals surface area contributed by atoms with Gasteiger partial charge in [-0.05, 0) is 0 Å². The molecule has 1 aromatic rings. The number of aliphatic hydroxyl groups excluding tert-OH is 1. The minimum Gasteiger partial charge on any atom is -0.480 e. The van der Waals surface area contributed by atoms with Crippen molar-refractivity contribution in [2.45, 2.75) is 12.1 Å². The van der Waals surface area contributed by atoms with Crippen LogP contribution >= 0.6 is 0 Å². The average molecular weight is 243 g/mol. The molecule has 1 rings (SSSR count). The third-order valence-corrected chi connectivity index (χ3v) is 2.30. The number of carbonyl (C=O) groups is 2. The second-order valence-corrected chi connectivity index (χ2v) is 3.37. The number of aliphatic hydroxyl groups is 1. The van der Waals surface area contributed by atoms with Crippen LogP contribution in [0.5, 0.6) is 0 Å². The van der Waals surface area contributed by atoms with Gasteiger partial charge in [0.2, 0.25) is 0 Å². The van der Waals surface area contributed by atoms with Gasteiger partial charge in [-0.25, -0.2) is 4.79 Å². The number of carboxylic acids is 1. The number of rotatable bonds is 4. The molecule has 0 aliphatic carbocycles. The normalized spacial score (nSPS) is 14.1.